The Bertz CT molecular complexity index is 485. The zero-order chi connectivity index (χ0) is 11.7. The lowest BCUT2D eigenvalue weighted by Gasteiger charge is -2.09. The third kappa shape index (κ3) is 1.79. The molecule has 1 aromatic rings. The average Bonchev–Trinajstić information content (AvgIpc) is 2.64. The van der Waals surface area contributed by atoms with Crippen LogP contribution >= 0.6 is 11.6 Å². The lowest BCUT2D eigenvalue weighted by Crippen LogP contribution is -2.23. The van der Waals surface area contributed by atoms with Crippen molar-refractivity contribution in [3.63, 3.8) is 0 Å². The Morgan fingerprint density at radius 3 is 2.94 bits per heavy atom. The van der Waals surface area contributed by atoms with E-state index in [1.54, 1.807) is 6.19 Å². The van der Waals surface area contributed by atoms with Gasteiger partial charge >= 0.3 is 6.03 Å². The van der Waals surface area contributed by atoms with E-state index in [1.807, 2.05) is 0 Å². The van der Waals surface area contributed by atoms with Crippen LogP contribution in [-0.2, 0) is 0 Å². The predicted molar refractivity (Wildman–Crippen MR) is 55.0 cm³/mol. The fourth-order valence-electron chi connectivity index (χ4n) is 1.54. The molecule has 1 N–H and O–H groups in total. The number of amides is 2. The van der Waals surface area contributed by atoms with E-state index in [4.69, 9.17) is 16.9 Å². The fourth-order valence-corrected chi connectivity index (χ4v) is 1.73. The molecule has 1 aromatic carbocycles. The van der Waals surface area contributed by atoms with Crippen LogP contribution in [-0.4, -0.2) is 17.5 Å². The largest absolute Gasteiger partial charge is 0.331 e. The highest BCUT2D eigenvalue weighted by atomic mass is 35.5. The summed E-state index contributed by atoms with van der Waals surface area (Å²) < 4.78 is 12.9. The second-order valence-electron chi connectivity index (χ2n) is 3.39. The van der Waals surface area contributed by atoms with Gasteiger partial charge in [-0.3, -0.25) is 0 Å². The van der Waals surface area contributed by atoms with Crippen LogP contribution in [0.1, 0.15) is 11.6 Å². The summed E-state index contributed by atoms with van der Waals surface area (Å²) in [4.78, 5) is 12.2. The topological polar surface area (TPSA) is 56.1 Å². The molecular formula is C10H7ClFN3O. The summed E-state index contributed by atoms with van der Waals surface area (Å²) in [6.07, 6.45) is 1.75. The van der Waals surface area contributed by atoms with Crippen LogP contribution in [0.25, 0.3) is 0 Å². The van der Waals surface area contributed by atoms with Gasteiger partial charge in [-0.05, 0) is 17.7 Å². The summed E-state index contributed by atoms with van der Waals surface area (Å²) in [6, 6.07) is 3.44. The third-order valence-corrected chi connectivity index (χ3v) is 2.66. The molecule has 6 heteroatoms. The minimum atomic E-state index is -0.508. The molecule has 1 fully saturated rings. The zero-order valence-electron chi connectivity index (χ0n) is 8.08. The molecule has 82 valence electrons. The number of carbonyl (C=O) groups excluding carboxylic acids is 1. The molecule has 2 rings (SSSR count). The molecule has 1 saturated heterocycles. The Morgan fingerprint density at radius 2 is 2.38 bits per heavy atom. The van der Waals surface area contributed by atoms with E-state index in [0.29, 0.717) is 5.56 Å². The van der Waals surface area contributed by atoms with Crippen molar-refractivity contribution in [2.45, 2.75) is 6.04 Å². The molecule has 0 spiro atoms. The summed E-state index contributed by atoms with van der Waals surface area (Å²) in [5.41, 5.74) is 0.678. The van der Waals surface area contributed by atoms with Crippen LogP contribution in [0, 0.1) is 17.3 Å². The van der Waals surface area contributed by atoms with Gasteiger partial charge in [0.15, 0.2) is 6.19 Å². The molecule has 0 saturated carbocycles. The number of rotatable bonds is 1. The number of hydrogen-bond acceptors (Lipinski definition) is 2. The number of carbonyl (C=O) groups is 1. The van der Waals surface area contributed by atoms with E-state index >= 15 is 0 Å². The quantitative estimate of drug-likeness (QED) is 0.763. The molecule has 0 aliphatic carbocycles. The second kappa shape index (κ2) is 3.99. The molecular weight excluding hydrogens is 233 g/mol. The van der Waals surface area contributed by atoms with Crippen molar-refractivity contribution in [2.24, 2.45) is 0 Å². The smallest absolute Gasteiger partial charge is 0.328 e. The van der Waals surface area contributed by atoms with Gasteiger partial charge in [0.2, 0.25) is 0 Å². The van der Waals surface area contributed by atoms with Gasteiger partial charge in [-0.1, -0.05) is 17.7 Å². The first-order valence-electron chi connectivity index (χ1n) is 4.54. The monoisotopic (exact) mass is 239 g/mol. The number of halogens is 2. The Kier molecular flexibility index (Phi) is 2.67. The molecule has 0 aromatic heterocycles. The number of urea groups is 1. The van der Waals surface area contributed by atoms with Gasteiger partial charge in [0.25, 0.3) is 0 Å². The van der Waals surface area contributed by atoms with Gasteiger partial charge in [-0.2, -0.15) is 5.26 Å². The van der Waals surface area contributed by atoms with Crippen molar-refractivity contribution >= 4 is 17.6 Å². The molecule has 1 atom stereocenters. The van der Waals surface area contributed by atoms with Gasteiger partial charge < -0.3 is 5.32 Å². The molecule has 4 nitrogen and oxygen atoms in total. The van der Waals surface area contributed by atoms with E-state index < -0.39 is 11.8 Å². The lowest BCUT2D eigenvalue weighted by molar-refractivity contribution is 0.232. The Balaban J connectivity index is 2.24. The van der Waals surface area contributed by atoms with Crippen molar-refractivity contribution < 1.29 is 9.18 Å². The minimum absolute atomic E-state index is 0.00200. The van der Waals surface area contributed by atoms with Crippen molar-refractivity contribution in [3.8, 4) is 6.19 Å². The molecule has 16 heavy (non-hydrogen) atoms. The second-order valence-corrected chi connectivity index (χ2v) is 3.79. The van der Waals surface area contributed by atoms with Crippen LogP contribution in [0.4, 0.5) is 9.18 Å². The Labute approximate surface area is 96.2 Å². The van der Waals surface area contributed by atoms with Crippen LogP contribution in [0.2, 0.25) is 5.02 Å². The van der Waals surface area contributed by atoms with Crippen LogP contribution < -0.4 is 5.32 Å². The number of benzene rings is 1. The van der Waals surface area contributed by atoms with E-state index in [2.05, 4.69) is 5.32 Å². The van der Waals surface area contributed by atoms with E-state index in [1.165, 1.54) is 18.2 Å². The van der Waals surface area contributed by atoms with Crippen LogP contribution in [0.5, 0.6) is 0 Å². The number of hydrogen-bond donors (Lipinski definition) is 1. The summed E-state index contributed by atoms with van der Waals surface area (Å²) >= 11 is 5.63. The first kappa shape index (κ1) is 10.7. The van der Waals surface area contributed by atoms with Crippen molar-refractivity contribution in [2.75, 3.05) is 6.54 Å². The van der Waals surface area contributed by atoms with Gasteiger partial charge in [0.05, 0.1) is 17.6 Å². The van der Waals surface area contributed by atoms with E-state index in [0.717, 1.165) is 4.90 Å². The van der Waals surface area contributed by atoms with E-state index in [9.17, 15) is 9.18 Å². The summed E-state index contributed by atoms with van der Waals surface area (Å²) in [5.74, 6) is -0.508. The lowest BCUT2D eigenvalue weighted by atomic mass is 10.1. The molecule has 2 amide bonds. The number of nitrogens with zero attached hydrogens (tertiary/aromatic N) is 2. The standard InChI is InChI=1S/C10H7ClFN3O/c11-7-3-6(1-2-8(7)12)9-4-15(5-13)10(16)14-9/h1-3,9H,4H2,(H,14,16). The third-order valence-electron chi connectivity index (χ3n) is 2.37. The van der Waals surface area contributed by atoms with Gasteiger partial charge in [0, 0.05) is 0 Å². The molecule has 1 aliphatic rings. The summed E-state index contributed by atoms with van der Waals surface area (Å²) in [6.45, 7) is 0.233. The van der Waals surface area contributed by atoms with Gasteiger partial charge in [-0.15, -0.1) is 0 Å². The van der Waals surface area contributed by atoms with Crippen molar-refractivity contribution in [3.05, 3.63) is 34.6 Å². The SMILES string of the molecule is N#CN1CC(c2ccc(F)c(Cl)c2)NC1=O. The first-order chi connectivity index (χ1) is 7.61. The highest BCUT2D eigenvalue weighted by Gasteiger charge is 2.29. The normalized spacial score (nSPS) is 19.4. The highest BCUT2D eigenvalue weighted by Crippen LogP contribution is 2.24. The first-order valence-corrected chi connectivity index (χ1v) is 4.92. The predicted octanol–water partition coefficient (Wildman–Crippen LogP) is 2.03. The fraction of sp³-hybridized carbons (Fsp3) is 0.200. The Hall–Kier alpha value is -1.80. The number of nitrogens with one attached hydrogen (secondary N) is 1. The average molecular weight is 240 g/mol. The number of nitriles is 1. The van der Waals surface area contributed by atoms with Crippen molar-refractivity contribution in [1.82, 2.24) is 10.2 Å². The maximum Gasteiger partial charge on any atom is 0.331 e. The maximum atomic E-state index is 12.9. The summed E-state index contributed by atoms with van der Waals surface area (Å²) in [5, 5.41) is 11.2. The van der Waals surface area contributed by atoms with Crippen LogP contribution in [0.15, 0.2) is 18.2 Å². The molecule has 0 bridgehead atoms. The molecule has 1 unspecified atom stereocenters. The zero-order valence-corrected chi connectivity index (χ0v) is 8.83. The molecule has 0 radical (unpaired) electrons. The molecule has 1 aliphatic heterocycles. The Morgan fingerprint density at radius 1 is 1.62 bits per heavy atom. The van der Waals surface area contributed by atoms with Gasteiger partial charge in [-0.25, -0.2) is 14.1 Å². The molecule has 1 heterocycles. The van der Waals surface area contributed by atoms with E-state index in [-0.39, 0.29) is 17.6 Å². The summed E-state index contributed by atoms with van der Waals surface area (Å²) in [7, 11) is 0. The maximum absolute atomic E-state index is 12.9. The highest BCUT2D eigenvalue weighted by molar-refractivity contribution is 6.30. The minimum Gasteiger partial charge on any atom is -0.328 e. The van der Waals surface area contributed by atoms with Crippen LogP contribution in [0.3, 0.4) is 0 Å². The van der Waals surface area contributed by atoms with Crippen molar-refractivity contribution in [1.29, 1.82) is 5.26 Å². The van der Waals surface area contributed by atoms with Gasteiger partial charge in [0.1, 0.15) is 5.82 Å².